The number of hydrazine groups is 1. The molecule has 10 nitrogen and oxygen atoms in total. The number of likely N-dealkylation sites (tertiary alicyclic amines) is 1. The topological polar surface area (TPSA) is 109 Å². The smallest absolute Gasteiger partial charge is 0.407 e. The molecule has 340 valence electrons. The molecule has 5 rings (SSSR count). The summed E-state index contributed by atoms with van der Waals surface area (Å²) in [7, 11) is -3.46. The summed E-state index contributed by atoms with van der Waals surface area (Å²) in [5.41, 5.74) is 5.92. The molecule has 62 heavy (non-hydrogen) atoms. The summed E-state index contributed by atoms with van der Waals surface area (Å²) >= 11 is 3.57. The zero-order chi connectivity index (χ0) is 46.1. The van der Waals surface area contributed by atoms with E-state index in [1.54, 1.807) is 0 Å². The molecule has 3 aromatic rings. The average Bonchev–Trinajstić information content (AvgIpc) is 3.64. The molecule has 1 fully saturated rings. The minimum Gasteiger partial charge on any atom is -0.453 e. The zero-order valence-electron chi connectivity index (χ0n) is 39.8. The van der Waals surface area contributed by atoms with Crippen molar-refractivity contribution in [3.8, 4) is 0 Å². The number of benzene rings is 3. The monoisotopic (exact) mass is 948 g/mol. The van der Waals surface area contributed by atoms with Gasteiger partial charge in [-0.15, -0.1) is 0 Å². The number of alkyl carbamates (subject to hydrolysis) is 1. The van der Waals surface area contributed by atoms with Crippen LogP contribution in [0.4, 0.5) is 4.79 Å². The van der Waals surface area contributed by atoms with E-state index >= 15 is 4.79 Å². The number of carbonyl (C=O) groups excluding carboxylic acids is 3. The van der Waals surface area contributed by atoms with Crippen molar-refractivity contribution < 1.29 is 28.0 Å². The van der Waals surface area contributed by atoms with Crippen LogP contribution in [0.1, 0.15) is 97.0 Å². The van der Waals surface area contributed by atoms with E-state index in [1.165, 1.54) is 12.7 Å². The summed E-state index contributed by atoms with van der Waals surface area (Å²) in [5.74, 6) is -0.329. The summed E-state index contributed by atoms with van der Waals surface area (Å²) in [6.07, 6.45) is 0.235. The lowest BCUT2D eigenvalue weighted by Crippen LogP contribution is -2.58. The van der Waals surface area contributed by atoms with E-state index < -0.39 is 45.7 Å². The van der Waals surface area contributed by atoms with E-state index in [4.69, 9.17) is 13.6 Å². The van der Waals surface area contributed by atoms with E-state index in [0.29, 0.717) is 32.5 Å². The van der Waals surface area contributed by atoms with Gasteiger partial charge in [-0.2, -0.15) is 0 Å². The zero-order valence-corrected chi connectivity index (χ0v) is 43.4. The van der Waals surface area contributed by atoms with Crippen molar-refractivity contribution >= 4 is 50.5 Å². The van der Waals surface area contributed by atoms with E-state index in [2.05, 4.69) is 136 Å². The van der Waals surface area contributed by atoms with Crippen LogP contribution in [0, 0.1) is 10.8 Å². The largest absolute Gasteiger partial charge is 0.453 e. The number of hydrogen-bond acceptors (Lipinski definition) is 7. The Morgan fingerprint density at radius 1 is 0.839 bits per heavy atom. The highest BCUT2D eigenvalue weighted by atomic mass is 79.9. The SMILES string of the molecule is COC(=O)N[C@H](C(=O)NN(CC[C@@]1(Cc2ccccc2)C(=O)N([C@H]2c3ccccc3C[C@H]2O[Si](C)(C)C(C)(C)C)C[C@H]1O[Si](C)(C)C(C)(C)C)Cc1ccc(Br)cc1)C(C)(C)C. The van der Waals surface area contributed by atoms with E-state index in [0.717, 1.165) is 27.6 Å². The number of methoxy groups -OCH3 is 1. The third-order valence-electron chi connectivity index (χ3n) is 14.0. The highest BCUT2D eigenvalue weighted by Gasteiger charge is 2.60. The Bertz CT molecular complexity index is 2030. The summed E-state index contributed by atoms with van der Waals surface area (Å²) in [5, 5.41) is 4.51. The van der Waals surface area contributed by atoms with Crippen LogP contribution in [0.3, 0.4) is 0 Å². The number of nitrogens with zero attached hydrogens (tertiary/aromatic N) is 2. The van der Waals surface area contributed by atoms with Crippen molar-refractivity contribution in [3.63, 3.8) is 0 Å². The Balaban J connectivity index is 1.64. The van der Waals surface area contributed by atoms with Crippen LogP contribution in [0.2, 0.25) is 36.3 Å². The van der Waals surface area contributed by atoms with Crippen molar-refractivity contribution in [1.82, 2.24) is 20.7 Å². The molecule has 2 N–H and O–H groups in total. The molecule has 0 spiro atoms. The number of rotatable bonds is 15. The first kappa shape index (κ1) is 49.7. The van der Waals surface area contributed by atoms with Gasteiger partial charge in [-0.25, -0.2) is 9.80 Å². The predicted molar refractivity (Wildman–Crippen MR) is 257 cm³/mol. The maximum Gasteiger partial charge on any atom is 0.407 e. The molecule has 0 radical (unpaired) electrons. The van der Waals surface area contributed by atoms with Gasteiger partial charge < -0.3 is 23.8 Å². The van der Waals surface area contributed by atoms with Gasteiger partial charge in [-0.05, 0) is 88.9 Å². The van der Waals surface area contributed by atoms with Crippen LogP contribution in [0.5, 0.6) is 0 Å². The maximum absolute atomic E-state index is 16.2. The molecule has 2 aliphatic rings. The second-order valence-corrected chi connectivity index (χ2v) is 32.0. The third-order valence-corrected chi connectivity index (χ3v) is 23.5. The third kappa shape index (κ3) is 11.3. The molecule has 0 aromatic heterocycles. The lowest BCUT2D eigenvalue weighted by atomic mass is 9.75. The standard InChI is InChI=1S/C49H73BrN4O6Si2/c1-46(2,3)42(51-45(57)58-10)43(55)52-53(32-35-24-26-37(50)27-25-35)29-28-49(31-34-20-16-15-17-21-34)40(60-62(13,14)48(7,8)9)33-54(44(49)56)41-38-23-19-18-22-36(38)30-39(41)59-61(11,12)47(4,5)6/h15-27,39-42H,28-33H2,1-14H3,(H,51,57)(H,52,55)/t39-,40-,41+,42-,49+/m1/s1. The fraction of sp³-hybridized carbons (Fsp3) is 0.571. The lowest BCUT2D eigenvalue weighted by molar-refractivity contribution is -0.142. The van der Waals surface area contributed by atoms with E-state index in [9.17, 15) is 9.59 Å². The van der Waals surface area contributed by atoms with Crippen LogP contribution in [0.25, 0.3) is 0 Å². The van der Waals surface area contributed by atoms with Gasteiger partial charge in [0.25, 0.3) is 5.91 Å². The number of carbonyl (C=O) groups is 3. The van der Waals surface area contributed by atoms with Crippen LogP contribution < -0.4 is 10.7 Å². The van der Waals surface area contributed by atoms with Gasteiger partial charge in [0.2, 0.25) is 5.91 Å². The van der Waals surface area contributed by atoms with Crippen molar-refractivity contribution in [2.75, 3.05) is 20.2 Å². The van der Waals surface area contributed by atoms with E-state index in [1.807, 2.05) is 68.2 Å². The second kappa shape index (κ2) is 19.0. The Morgan fingerprint density at radius 2 is 1.42 bits per heavy atom. The molecule has 0 unspecified atom stereocenters. The Hall–Kier alpha value is -3.34. The van der Waals surface area contributed by atoms with Gasteiger partial charge in [-0.1, -0.05) is 145 Å². The molecule has 3 aromatic carbocycles. The molecule has 3 amide bonds. The average molecular weight is 950 g/mol. The molecule has 1 aliphatic carbocycles. The second-order valence-electron chi connectivity index (χ2n) is 21.6. The Labute approximate surface area is 382 Å². The summed E-state index contributed by atoms with van der Waals surface area (Å²) in [6, 6.07) is 25.6. The van der Waals surface area contributed by atoms with Crippen molar-refractivity contribution in [2.45, 2.75) is 149 Å². The Morgan fingerprint density at radius 3 is 2.00 bits per heavy atom. The molecule has 0 bridgehead atoms. The van der Waals surface area contributed by atoms with E-state index in [-0.39, 0.29) is 34.0 Å². The molecule has 1 saturated heterocycles. The first-order chi connectivity index (χ1) is 28.7. The number of nitrogens with one attached hydrogen (secondary N) is 2. The molecule has 13 heteroatoms. The molecule has 1 aliphatic heterocycles. The molecular weight excluding hydrogens is 877 g/mol. The maximum atomic E-state index is 16.2. The van der Waals surface area contributed by atoms with Crippen LogP contribution >= 0.6 is 15.9 Å². The minimum atomic E-state index is -2.47. The first-order valence-corrected chi connectivity index (χ1v) is 28.7. The normalized spacial score (nSPS) is 21.5. The van der Waals surface area contributed by atoms with Gasteiger partial charge in [0, 0.05) is 30.5 Å². The summed E-state index contributed by atoms with van der Waals surface area (Å²) in [4.78, 5) is 45.1. The van der Waals surface area contributed by atoms with Gasteiger partial charge in [0.05, 0.1) is 30.8 Å². The Kier molecular flexibility index (Phi) is 15.2. The van der Waals surface area contributed by atoms with Gasteiger partial charge in [0.15, 0.2) is 16.6 Å². The summed E-state index contributed by atoms with van der Waals surface area (Å²) in [6.45, 7) is 29.4. The highest BCUT2D eigenvalue weighted by molar-refractivity contribution is 9.10. The molecule has 0 saturated carbocycles. The van der Waals surface area contributed by atoms with Gasteiger partial charge >= 0.3 is 6.09 Å². The van der Waals surface area contributed by atoms with Crippen LogP contribution in [-0.2, 0) is 42.6 Å². The number of fused-ring (bicyclic) bond motifs is 1. The van der Waals surface area contributed by atoms with Crippen LogP contribution in [0.15, 0.2) is 83.3 Å². The van der Waals surface area contributed by atoms with Gasteiger partial charge in [-0.3, -0.25) is 15.0 Å². The van der Waals surface area contributed by atoms with Crippen molar-refractivity contribution in [3.05, 3.63) is 106 Å². The summed E-state index contributed by atoms with van der Waals surface area (Å²) < 4.78 is 20.7. The molecule has 1 heterocycles. The number of halogens is 1. The fourth-order valence-electron chi connectivity index (χ4n) is 8.25. The molecular formula is C49H73BrN4O6Si2. The highest BCUT2D eigenvalue weighted by Crippen LogP contribution is 2.51. The first-order valence-electron chi connectivity index (χ1n) is 22.1. The predicted octanol–water partition coefficient (Wildman–Crippen LogP) is 10.6. The van der Waals surface area contributed by atoms with Gasteiger partial charge in [0.1, 0.15) is 6.04 Å². The molecule has 5 atom stereocenters. The minimum absolute atomic E-state index is 0.0204. The fourth-order valence-corrected chi connectivity index (χ4v) is 11.2. The number of ether oxygens (including phenoxy) is 1. The number of hydrogen-bond donors (Lipinski definition) is 2. The number of amides is 3. The lowest BCUT2D eigenvalue weighted by Gasteiger charge is -2.43. The van der Waals surface area contributed by atoms with Crippen molar-refractivity contribution in [1.29, 1.82) is 0 Å². The van der Waals surface area contributed by atoms with Crippen LogP contribution in [-0.4, -0.2) is 82.9 Å². The van der Waals surface area contributed by atoms with Crippen molar-refractivity contribution in [2.24, 2.45) is 10.8 Å². The quantitative estimate of drug-likeness (QED) is 0.115.